The first-order valence-corrected chi connectivity index (χ1v) is 4.23. The molecular weight excluding hydrogens is 225 g/mol. The average Bonchev–Trinajstić information content (AvgIpc) is 1.64. The second kappa shape index (κ2) is 4.46. The zero-order valence-electron chi connectivity index (χ0n) is 4.43. The molecule has 0 radical (unpaired) electrons. The summed E-state index contributed by atoms with van der Waals surface area (Å²) in [7, 11) is 0. The summed E-state index contributed by atoms with van der Waals surface area (Å²) in [5, 5.41) is 8.83. The molecule has 0 aliphatic rings. The van der Waals surface area contributed by atoms with Gasteiger partial charge in [0.25, 0.3) is 0 Å². The third kappa shape index (κ3) is 3.37. The van der Waals surface area contributed by atoms with E-state index < -0.39 is 12.0 Å². The molecule has 0 amide bonds. The van der Waals surface area contributed by atoms with Crippen LogP contribution in [0.4, 0.5) is 0 Å². The fraction of sp³-hybridized carbons (Fsp3) is 0.667. The quantitative estimate of drug-likeness (QED) is 0.464. The Morgan fingerprint density at radius 3 is 2.22 bits per heavy atom. The number of hydrogen-bond donors (Lipinski definition) is 3. The first-order chi connectivity index (χ1) is 4.09. The second-order valence-corrected chi connectivity index (χ2v) is 3.30. The van der Waals surface area contributed by atoms with Crippen LogP contribution in [0.5, 0.6) is 0 Å². The molecule has 0 heterocycles. The molecular formula is C3H7NO2S2Se. The number of carboxylic acid groups (broad SMARTS) is 1. The molecule has 6 heteroatoms. The van der Waals surface area contributed by atoms with Gasteiger partial charge in [-0.1, -0.05) is 0 Å². The van der Waals surface area contributed by atoms with Crippen molar-refractivity contribution in [1.29, 1.82) is 0 Å². The number of hydrogen-bond acceptors (Lipinski definition) is 4. The maximum absolute atomic E-state index is 10.2. The fourth-order valence-corrected chi connectivity index (χ4v) is 1.84. The van der Waals surface area contributed by atoms with Gasteiger partial charge in [0, 0.05) is 0 Å². The zero-order chi connectivity index (χ0) is 7.44. The number of aliphatic carboxylic acids is 1. The number of carbonyl (C=O) groups is 1. The Kier molecular flexibility index (Phi) is 4.78. The average molecular weight is 232 g/mol. The van der Waals surface area contributed by atoms with E-state index in [-0.39, 0.29) is 0 Å². The fourth-order valence-electron chi connectivity index (χ4n) is 0.250. The van der Waals surface area contributed by atoms with E-state index in [2.05, 4.69) is 41.6 Å². The minimum atomic E-state index is -0.916. The van der Waals surface area contributed by atoms with Gasteiger partial charge >= 0.3 is 72.6 Å². The van der Waals surface area contributed by atoms with Crippen molar-refractivity contribution in [2.75, 3.05) is 0 Å². The molecule has 0 fully saturated rings. The molecule has 0 saturated carbocycles. The molecule has 0 rings (SSSR count). The Morgan fingerprint density at radius 1 is 1.78 bits per heavy atom. The van der Waals surface area contributed by atoms with Crippen molar-refractivity contribution in [3.05, 3.63) is 0 Å². The monoisotopic (exact) mass is 233 g/mol. The Balaban J connectivity index is 3.83. The van der Waals surface area contributed by atoms with Crippen molar-refractivity contribution in [1.82, 2.24) is 3.71 Å². The van der Waals surface area contributed by atoms with Crippen molar-refractivity contribution >= 4 is 47.6 Å². The third-order valence-electron chi connectivity index (χ3n) is 0.737. The molecule has 54 valence electrons. The van der Waals surface area contributed by atoms with Gasteiger partial charge in [-0.15, -0.1) is 0 Å². The van der Waals surface area contributed by atoms with Crippen LogP contribution in [0.25, 0.3) is 0 Å². The van der Waals surface area contributed by atoms with Gasteiger partial charge in [-0.2, -0.15) is 0 Å². The van der Waals surface area contributed by atoms with E-state index in [1.54, 1.807) is 0 Å². The first kappa shape index (κ1) is 9.65. The van der Waals surface area contributed by atoms with Crippen molar-refractivity contribution in [3.63, 3.8) is 0 Å². The third-order valence-corrected chi connectivity index (χ3v) is 2.02. The van der Waals surface area contributed by atoms with Gasteiger partial charge < -0.3 is 0 Å². The molecule has 0 aliphatic carbocycles. The molecule has 1 atom stereocenters. The molecule has 0 aromatic heterocycles. The van der Waals surface area contributed by atoms with Gasteiger partial charge in [0.1, 0.15) is 0 Å². The molecule has 9 heavy (non-hydrogen) atoms. The van der Waals surface area contributed by atoms with Crippen LogP contribution in [-0.4, -0.2) is 36.8 Å². The van der Waals surface area contributed by atoms with Crippen molar-refractivity contribution in [2.45, 2.75) is 11.4 Å². The summed E-state index contributed by atoms with van der Waals surface area (Å²) >= 11 is 9.61. The van der Waals surface area contributed by atoms with Crippen LogP contribution in [-0.2, 0) is 4.79 Å². The number of thiol groups is 2. The van der Waals surface area contributed by atoms with Gasteiger partial charge in [0.05, 0.1) is 0 Å². The summed E-state index contributed by atoms with van der Waals surface area (Å²) in [6, 6.07) is -0.628. The van der Waals surface area contributed by atoms with Crippen LogP contribution < -0.4 is 0 Å². The van der Waals surface area contributed by atoms with E-state index in [4.69, 9.17) is 5.11 Å². The summed E-state index contributed by atoms with van der Waals surface area (Å²) in [5.74, 6) is -0.916. The van der Waals surface area contributed by atoms with Crippen LogP contribution in [0, 0.1) is 0 Å². The Hall–Kier alpha value is 0.649. The molecule has 0 bridgehead atoms. The number of nitrogens with zero attached hydrogens (tertiary/aromatic N) is 1. The topological polar surface area (TPSA) is 40.5 Å². The van der Waals surface area contributed by atoms with E-state index in [1.807, 2.05) is 0 Å². The molecule has 0 unspecified atom stereocenters. The number of rotatable bonds is 3. The standard InChI is InChI=1S/C3H7NO2S2Se/c5-3(6)2(1-9)4(7)8/h2,7-9H,1H2,(H,5,6)/t2-/m0/s1. The SMILES string of the molecule is O=C(O)[C@H](C[SeH])N(S)S. The Labute approximate surface area is 72.7 Å². The van der Waals surface area contributed by atoms with E-state index in [0.717, 1.165) is 3.71 Å². The van der Waals surface area contributed by atoms with Crippen LogP contribution in [0.3, 0.4) is 0 Å². The minimum absolute atomic E-state index is 0.440. The predicted molar refractivity (Wildman–Crippen MR) is 43.2 cm³/mol. The zero-order valence-corrected chi connectivity index (χ0v) is 8.09. The summed E-state index contributed by atoms with van der Waals surface area (Å²) in [6.07, 6.45) is 0. The molecule has 0 aromatic rings. The van der Waals surface area contributed by atoms with E-state index in [9.17, 15) is 4.79 Å². The van der Waals surface area contributed by atoms with Crippen molar-refractivity contribution in [2.24, 2.45) is 0 Å². The summed E-state index contributed by atoms with van der Waals surface area (Å²) < 4.78 is 1.07. The molecule has 0 aliphatic heterocycles. The van der Waals surface area contributed by atoms with Gasteiger partial charge in [0.15, 0.2) is 0 Å². The normalized spacial score (nSPS) is 13.8. The Bertz CT molecular complexity index is 110. The van der Waals surface area contributed by atoms with Crippen LogP contribution >= 0.6 is 25.6 Å². The molecule has 0 saturated heterocycles. The molecule has 1 N–H and O–H groups in total. The summed E-state index contributed by atoms with van der Waals surface area (Å²) in [5.41, 5.74) is 0. The number of carboxylic acids is 1. The first-order valence-electron chi connectivity index (χ1n) is 2.10. The Morgan fingerprint density at radius 2 is 2.22 bits per heavy atom. The van der Waals surface area contributed by atoms with Crippen molar-refractivity contribution in [3.8, 4) is 0 Å². The summed E-state index contributed by atoms with van der Waals surface area (Å²) in [4.78, 5) is 10.2. The van der Waals surface area contributed by atoms with Gasteiger partial charge in [-0.25, -0.2) is 0 Å². The van der Waals surface area contributed by atoms with Crippen LogP contribution in [0.15, 0.2) is 0 Å². The molecule has 0 aromatic carbocycles. The van der Waals surface area contributed by atoms with Crippen molar-refractivity contribution < 1.29 is 9.90 Å². The predicted octanol–water partition coefficient (Wildman–Crippen LogP) is -0.250. The van der Waals surface area contributed by atoms with Crippen LogP contribution in [0.1, 0.15) is 0 Å². The molecule has 3 nitrogen and oxygen atoms in total. The van der Waals surface area contributed by atoms with Gasteiger partial charge in [-0.3, -0.25) is 0 Å². The van der Waals surface area contributed by atoms with E-state index >= 15 is 0 Å². The van der Waals surface area contributed by atoms with Gasteiger partial charge in [0.2, 0.25) is 0 Å². The van der Waals surface area contributed by atoms with E-state index in [0.29, 0.717) is 5.32 Å². The van der Waals surface area contributed by atoms with Gasteiger partial charge in [-0.05, 0) is 0 Å². The summed E-state index contributed by atoms with van der Waals surface area (Å²) in [6.45, 7) is 0. The molecule has 0 spiro atoms. The maximum atomic E-state index is 10.2. The van der Waals surface area contributed by atoms with E-state index in [1.165, 1.54) is 0 Å². The second-order valence-electron chi connectivity index (χ2n) is 1.36. The van der Waals surface area contributed by atoms with Crippen LogP contribution in [0.2, 0.25) is 5.32 Å².